The molecule has 0 aliphatic rings. The Morgan fingerprint density at radius 3 is 3.00 bits per heavy atom. The van der Waals surface area contributed by atoms with Crippen molar-refractivity contribution in [1.82, 2.24) is 9.97 Å². The van der Waals surface area contributed by atoms with Gasteiger partial charge in [0, 0.05) is 18.6 Å². The van der Waals surface area contributed by atoms with Crippen LogP contribution >= 0.6 is 0 Å². The third-order valence-electron chi connectivity index (χ3n) is 1.78. The molecular formula is C10H9N3O. The van der Waals surface area contributed by atoms with Crippen LogP contribution in [0.15, 0.2) is 43.0 Å². The molecular weight excluding hydrogens is 178 g/mol. The van der Waals surface area contributed by atoms with Crippen LogP contribution in [-0.4, -0.2) is 15.9 Å². The van der Waals surface area contributed by atoms with E-state index in [-0.39, 0.29) is 5.91 Å². The predicted molar refractivity (Wildman–Crippen MR) is 53.0 cm³/mol. The lowest BCUT2D eigenvalue weighted by Gasteiger charge is -2.01. The molecule has 0 unspecified atom stereocenters. The highest BCUT2D eigenvalue weighted by Crippen LogP contribution is 2.06. The van der Waals surface area contributed by atoms with Crippen molar-refractivity contribution in [2.75, 3.05) is 5.32 Å². The van der Waals surface area contributed by atoms with E-state index in [1.54, 1.807) is 43.0 Å². The van der Waals surface area contributed by atoms with Crippen LogP contribution in [0.5, 0.6) is 0 Å². The van der Waals surface area contributed by atoms with Crippen molar-refractivity contribution >= 4 is 11.6 Å². The molecule has 4 nitrogen and oxygen atoms in total. The third kappa shape index (κ3) is 1.80. The number of anilines is 1. The Hall–Kier alpha value is -2.10. The molecule has 1 amide bonds. The maximum atomic E-state index is 11.5. The number of nitrogens with zero attached hydrogens (tertiary/aromatic N) is 1. The van der Waals surface area contributed by atoms with Gasteiger partial charge in [-0.1, -0.05) is 0 Å². The molecule has 70 valence electrons. The van der Waals surface area contributed by atoms with Crippen LogP contribution in [0.2, 0.25) is 0 Å². The number of rotatable bonds is 2. The maximum Gasteiger partial charge on any atom is 0.257 e. The van der Waals surface area contributed by atoms with Crippen molar-refractivity contribution in [3.8, 4) is 0 Å². The summed E-state index contributed by atoms with van der Waals surface area (Å²) in [5.74, 6) is -0.140. The van der Waals surface area contributed by atoms with E-state index in [2.05, 4.69) is 15.3 Å². The van der Waals surface area contributed by atoms with Crippen LogP contribution in [-0.2, 0) is 0 Å². The molecule has 2 heterocycles. The SMILES string of the molecule is O=C(Nc1cccnc1)c1cc[nH]c1. The van der Waals surface area contributed by atoms with Crippen molar-refractivity contribution in [2.24, 2.45) is 0 Å². The number of carbonyl (C=O) groups excluding carboxylic acids is 1. The summed E-state index contributed by atoms with van der Waals surface area (Å²) < 4.78 is 0. The van der Waals surface area contributed by atoms with Gasteiger partial charge >= 0.3 is 0 Å². The number of aromatic amines is 1. The number of nitrogens with one attached hydrogen (secondary N) is 2. The zero-order valence-corrected chi connectivity index (χ0v) is 7.40. The molecule has 0 aliphatic heterocycles. The normalized spacial score (nSPS) is 9.71. The average molecular weight is 187 g/mol. The summed E-state index contributed by atoms with van der Waals surface area (Å²) in [5.41, 5.74) is 1.30. The fourth-order valence-electron chi connectivity index (χ4n) is 1.11. The lowest BCUT2D eigenvalue weighted by Crippen LogP contribution is -2.10. The predicted octanol–water partition coefficient (Wildman–Crippen LogP) is 1.66. The molecule has 2 aromatic heterocycles. The van der Waals surface area contributed by atoms with Crippen LogP contribution < -0.4 is 5.32 Å². The summed E-state index contributed by atoms with van der Waals surface area (Å²) in [6.45, 7) is 0. The molecule has 0 fully saturated rings. The van der Waals surface area contributed by atoms with Crippen LogP contribution in [0.25, 0.3) is 0 Å². The van der Waals surface area contributed by atoms with Crippen molar-refractivity contribution in [2.45, 2.75) is 0 Å². The Labute approximate surface area is 81.0 Å². The Kier molecular flexibility index (Phi) is 2.27. The van der Waals surface area contributed by atoms with Gasteiger partial charge in [-0.05, 0) is 18.2 Å². The monoisotopic (exact) mass is 187 g/mol. The second-order valence-corrected chi connectivity index (χ2v) is 2.80. The highest BCUT2D eigenvalue weighted by molar-refractivity contribution is 6.03. The van der Waals surface area contributed by atoms with Crippen molar-refractivity contribution in [1.29, 1.82) is 0 Å². The molecule has 0 aromatic carbocycles. The van der Waals surface area contributed by atoms with Gasteiger partial charge in [-0.15, -0.1) is 0 Å². The lowest BCUT2D eigenvalue weighted by molar-refractivity contribution is 0.102. The topological polar surface area (TPSA) is 57.8 Å². The van der Waals surface area contributed by atoms with Gasteiger partial charge in [0.15, 0.2) is 0 Å². The average Bonchev–Trinajstić information content (AvgIpc) is 2.72. The highest BCUT2D eigenvalue weighted by atomic mass is 16.1. The molecule has 0 bridgehead atoms. The van der Waals surface area contributed by atoms with Gasteiger partial charge in [0.25, 0.3) is 5.91 Å². The molecule has 0 atom stereocenters. The molecule has 2 rings (SSSR count). The smallest absolute Gasteiger partial charge is 0.257 e. The first-order valence-corrected chi connectivity index (χ1v) is 4.20. The summed E-state index contributed by atoms with van der Waals surface area (Å²) in [4.78, 5) is 18.2. The molecule has 0 saturated heterocycles. The number of aromatic nitrogens is 2. The first-order valence-electron chi connectivity index (χ1n) is 4.20. The molecule has 4 heteroatoms. The maximum absolute atomic E-state index is 11.5. The Morgan fingerprint density at radius 2 is 2.36 bits per heavy atom. The molecule has 0 saturated carbocycles. The van der Waals surface area contributed by atoms with E-state index in [0.717, 1.165) is 0 Å². The first-order chi connectivity index (χ1) is 6.86. The van der Waals surface area contributed by atoms with E-state index in [4.69, 9.17) is 0 Å². The van der Waals surface area contributed by atoms with Gasteiger partial charge in [-0.25, -0.2) is 0 Å². The zero-order chi connectivity index (χ0) is 9.80. The van der Waals surface area contributed by atoms with E-state index >= 15 is 0 Å². The van der Waals surface area contributed by atoms with Crippen LogP contribution in [0.4, 0.5) is 5.69 Å². The van der Waals surface area contributed by atoms with E-state index in [1.807, 2.05) is 0 Å². The van der Waals surface area contributed by atoms with Gasteiger partial charge in [0.1, 0.15) is 0 Å². The Morgan fingerprint density at radius 1 is 1.43 bits per heavy atom. The molecule has 14 heavy (non-hydrogen) atoms. The lowest BCUT2D eigenvalue weighted by atomic mass is 10.3. The number of pyridine rings is 1. The third-order valence-corrected chi connectivity index (χ3v) is 1.78. The molecule has 0 radical (unpaired) electrons. The number of hydrogen-bond acceptors (Lipinski definition) is 2. The summed E-state index contributed by atoms with van der Waals surface area (Å²) in [6.07, 6.45) is 6.61. The summed E-state index contributed by atoms with van der Waals surface area (Å²) in [6, 6.07) is 5.27. The van der Waals surface area contributed by atoms with E-state index in [1.165, 1.54) is 0 Å². The van der Waals surface area contributed by atoms with Gasteiger partial charge in [0.2, 0.25) is 0 Å². The van der Waals surface area contributed by atoms with Gasteiger partial charge in [0.05, 0.1) is 17.4 Å². The van der Waals surface area contributed by atoms with Crippen molar-refractivity contribution in [3.05, 3.63) is 48.5 Å². The molecule has 2 N–H and O–H groups in total. The van der Waals surface area contributed by atoms with Crippen molar-refractivity contribution < 1.29 is 4.79 Å². The zero-order valence-electron chi connectivity index (χ0n) is 7.40. The van der Waals surface area contributed by atoms with Gasteiger partial charge in [-0.3, -0.25) is 9.78 Å². The second kappa shape index (κ2) is 3.74. The number of amides is 1. The first kappa shape index (κ1) is 8.50. The minimum atomic E-state index is -0.140. The van der Waals surface area contributed by atoms with E-state index < -0.39 is 0 Å². The molecule has 2 aromatic rings. The van der Waals surface area contributed by atoms with Crippen LogP contribution in [0.1, 0.15) is 10.4 Å². The van der Waals surface area contributed by atoms with Crippen molar-refractivity contribution in [3.63, 3.8) is 0 Å². The fraction of sp³-hybridized carbons (Fsp3) is 0. The van der Waals surface area contributed by atoms with Gasteiger partial charge < -0.3 is 10.3 Å². The summed E-state index contributed by atoms with van der Waals surface area (Å²) >= 11 is 0. The quantitative estimate of drug-likeness (QED) is 0.751. The Bertz CT molecular complexity index is 408. The van der Waals surface area contributed by atoms with E-state index in [9.17, 15) is 4.79 Å². The largest absolute Gasteiger partial charge is 0.367 e. The fourth-order valence-corrected chi connectivity index (χ4v) is 1.11. The minimum Gasteiger partial charge on any atom is -0.367 e. The number of H-pyrrole nitrogens is 1. The number of hydrogen-bond donors (Lipinski definition) is 2. The number of carbonyl (C=O) groups is 1. The van der Waals surface area contributed by atoms with Crippen LogP contribution in [0, 0.1) is 0 Å². The van der Waals surface area contributed by atoms with Gasteiger partial charge in [-0.2, -0.15) is 0 Å². The molecule has 0 spiro atoms. The standard InChI is InChI=1S/C10H9N3O/c14-10(8-3-5-12-6-8)13-9-2-1-4-11-7-9/h1-7,12H,(H,13,14). The van der Waals surface area contributed by atoms with E-state index in [0.29, 0.717) is 11.3 Å². The molecule has 0 aliphatic carbocycles. The minimum absolute atomic E-state index is 0.140. The summed E-state index contributed by atoms with van der Waals surface area (Å²) in [7, 11) is 0. The van der Waals surface area contributed by atoms with Crippen LogP contribution in [0.3, 0.4) is 0 Å². The Balaban J connectivity index is 2.10. The summed E-state index contributed by atoms with van der Waals surface area (Å²) in [5, 5.41) is 2.72. The highest BCUT2D eigenvalue weighted by Gasteiger charge is 2.04. The second-order valence-electron chi connectivity index (χ2n) is 2.80.